The fourth-order valence-electron chi connectivity index (χ4n) is 11.6. The standard InChI is InChI=1S/C67H43NO/c1-2-14-44(15-3-1)50-20-12-21-54(42-50)68(53-37-30-49(31-38-53)56-26-13-19-46-16-4-7-22-55(46)56)52-35-28-45(29-36-52)51-34-39-62-60(43-51)59-25-10-11-27-61(59)67(62)63-40-32-47-17-5-8-23-57(47)65(63)69-66-58-24-9-6-18-48(58)33-41-64(66)67/h1-43H. The second-order valence-electron chi connectivity index (χ2n) is 18.4. The first-order chi connectivity index (χ1) is 34.2. The van der Waals surface area contributed by atoms with E-state index in [-0.39, 0.29) is 0 Å². The summed E-state index contributed by atoms with van der Waals surface area (Å²) in [5, 5.41) is 7.08. The Morgan fingerprint density at radius 2 is 0.725 bits per heavy atom. The Bertz CT molecular complexity index is 3890. The molecule has 69 heavy (non-hydrogen) atoms. The molecule has 14 rings (SSSR count). The van der Waals surface area contributed by atoms with Gasteiger partial charge in [0.15, 0.2) is 0 Å². The highest BCUT2D eigenvalue weighted by Gasteiger charge is 2.51. The summed E-state index contributed by atoms with van der Waals surface area (Å²) in [4.78, 5) is 2.37. The van der Waals surface area contributed by atoms with Gasteiger partial charge in [0.2, 0.25) is 0 Å². The minimum Gasteiger partial charge on any atom is -0.455 e. The second kappa shape index (κ2) is 15.6. The number of anilines is 3. The lowest BCUT2D eigenvalue weighted by Crippen LogP contribution is -2.32. The quantitative estimate of drug-likeness (QED) is 0.165. The van der Waals surface area contributed by atoms with Gasteiger partial charge in [0.1, 0.15) is 11.5 Å². The molecule has 0 amide bonds. The minimum atomic E-state index is -0.580. The largest absolute Gasteiger partial charge is 0.455 e. The first-order valence-corrected chi connectivity index (χ1v) is 23.8. The Hall–Kier alpha value is -8.98. The lowest BCUT2D eigenvalue weighted by atomic mass is 9.65. The first-order valence-electron chi connectivity index (χ1n) is 23.8. The van der Waals surface area contributed by atoms with Crippen molar-refractivity contribution in [3.8, 4) is 56.0 Å². The van der Waals surface area contributed by atoms with Crippen molar-refractivity contribution in [1.82, 2.24) is 0 Å². The van der Waals surface area contributed by atoms with E-state index in [4.69, 9.17) is 4.74 Å². The molecule has 0 saturated carbocycles. The summed E-state index contributed by atoms with van der Waals surface area (Å²) in [6.45, 7) is 0. The Morgan fingerprint density at radius 1 is 0.261 bits per heavy atom. The van der Waals surface area contributed by atoms with Crippen molar-refractivity contribution in [3.05, 3.63) is 283 Å². The molecule has 1 aliphatic heterocycles. The van der Waals surface area contributed by atoms with Gasteiger partial charge in [0, 0.05) is 39.0 Å². The average molecular weight is 878 g/mol. The van der Waals surface area contributed by atoms with Gasteiger partial charge in [0.25, 0.3) is 0 Å². The van der Waals surface area contributed by atoms with Crippen molar-refractivity contribution in [1.29, 1.82) is 0 Å². The van der Waals surface area contributed by atoms with Gasteiger partial charge in [-0.05, 0) is 120 Å². The van der Waals surface area contributed by atoms with Crippen LogP contribution in [0.1, 0.15) is 22.3 Å². The minimum absolute atomic E-state index is 0.580. The number of nitrogens with zero attached hydrogens (tertiary/aromatic N) is 1. The molecule has 1 heterocycles. The number of fused-ring (bicyclic) bond motifs is 14. The van der Waals surface area contributed by atoms with Gasteiger partial charge >= 0.3 is 0 Å². The molecule has 12 aromatic carbocycles. The van der Waals surface area contributed by atoms with Crippen molar-refractivity contribution in [3.63, 3.8) is 0 Å². The van der Waals surface area contributed by atoms with Crippen molar-refractivity contribution in [2.24, 2.45) is 0 Å². The molecule has 0 aromatic heterocycles. The van der Waals surface area contributed by atoms with Gasteiger partial charge < -0.3 is 9.64 Å². The normalized spacial score (nSPS) is 12.9. The van der Waals surface area contributed by atoms with Crippen LogP contribution in [0.4, 0.5) is 17.1 Å². The topological polar surface area (TPSA) is 12.5 Å². The van der Waals surface area contributed by atoms with Crippen LogP contribution in [-0.4, -0.2) is 0 Å². The summed E-state index contributed by atoms with van der Waals surface area (Å²) in [5.41, 5.74) is 17.2. The molecule has 0 fully saturated rings. The molecular formula is C67H43NO. The molecule has 322 valence electrons. The SMILES string of the molecule is c1ccc(-c2cccc(N(c3ccc(-c4ccc5c(c4)-c4ccccc4C54c5ccc6ccccc6c5Oc5c4ccc4ccccc54)cc3)c3ccc(-c4cccc5ccccc45)cc3)c2)cc1. The Labute approximate surface area is 401 Å². The van der Waals surface area contributed by atoms with Crippen molar-refractivity contribution in [2.45, 2.75) is 5.41 Å². The second-order valence-corrected chi connectivity index (χ2v) is 18.4. The highest BCUT2D eigenvalue weighted by molar-refractivity contribution is 6.01. The first kappa shape index (κ1) is 39.2. The summed E-state index contributed by atoms with van der Waals surface area (Å²) in [7, 11) is 0. The molecule has 0 N–H and O–H groups in total. The maximum absolute atomic E-state index is 7.17. The fourth-order valence-corrected chi connectivity index (χ4v) is 11.6. The Kier molecular flexibility index (Phi) is 8.84. The molecule has 0 atom stereocenters. The van der Waals surface area contributed by atoms with E-state index in [9.17, 15) is 0 Å². The van der Waals surface area contributed by atoms with Crippen molar-refractivity contribution in [2.75, 3.05) is 4.90 Å². The predicted octanol–water partition coefficient (Wildman–Crippen LogP) is 18.1. The number of benzene rings is 12. The average Bonchev–Trinajstić information content (AvgIpc) is 3.71. The van der Waals surface area contributed by atoms with E-state index in [1.807, 2.05) is 0 Å². The zero-order chi connectivity index (χ0) is 45.5. The lowest BCUT2D eigenvalue weighted by molar-refractivity contribution is 0.447. The number of ether oxygens (including phenoxy) is 1. The highest BCUT2D eigenvalue weighted by Crippen LogP contribution is 2.64. The zero-order valence-electron chi connectivity index (χ0n) is 37.7. The van der Waals surface area contributed by atoms with Gasteiger partial charge in [-0.1, -0.05) is 218 Å². The molecule has 0 unspecified atom stereocenters. The van der Waals surface area contributed by atoms with Crippen LogP contribution in [0, 0.1) is 0 Å². The molecular weight excluding hydrogens is 835 g/mol. The van der Waals surface area contributed by atoms with Gasteiger partial charge in [-0.25, -0.2) is 0 Å². The van der Waals surface area contributed by atoms with Crippen LogP contribution in [-0.2, 0) is 5.41 Å². The monoisotopic (exact) mass is 877 g/mol. The Morgan fingerprint density at radius 3 is 1.42 bits per heavy atom. The van der Waals surface area contributed by atoms with Gasteiger partial charge in [-0.3, -0.25) is 0 Å². The summed E-state index contributed by atoms with van der Waals surface area (Å²) >= 11 is 0. The summed E-state index contributed by atoms with van der Waals surface area (Å²) in [5.74, 6) is 1.86. The van der Waals surface area contributed by atoms with Crippen LogP contribution in [0.15, 0.2) is 261 Å². The molecule has 0 radical (unpaired) electrons. The Balaban J connectivity index is 0.898. The fraction of sp³-hybridized carbons (Fsp3) is 0.0149. The van der Waals surface area contributed by atoms with E-state index < -0.39 is 5.41 Å². The molecule has 1 spiro atoms. The van der Waals surface area contributed by atoms with Crippen LogP contribution < -0.4 is 9.64 Å². The number of hydrogen-bond donors (Lipinski definition) is 0. The maximum atomic E-state index is 7.17. The van der Waals surface area contributed by atoms with E-state index >= 15 is 0 Å². The van der Waals surface area contributed by atoms with E-state index in [1.165, 1.54) is 82.7 Å². The van der Waals surface area contributed by atoms with Crippen LogP contribution in [0.2, 0.25) is 0 Å². The molecule has 0 bridgehead atoms. The summed E-state index contributed by atoms with van der Waals surface area (Å²) in [6.07, 6.45) is 0. The third-order valence-electron chi connectivity index (χ3n) is 14.7. The summed E-state index contributed by atoms with van der Waals surface area (Å²) < 4.78 is 7.17. The zero-order valence-corrected chi connectivity index (χ0v) is 37.7. The maximum Gasteiger partial charge on any atom is 0.140 e. The summed E-state index contributed by atoms with van der Waals surface area (Å²) in [6, 6.07) is 95.4. The number of rotatable bonds is 6. The van der Waals surface area contributed by atoms with E-state index in [0.29, 0.717) is 0 Å². The van der Waals surface area contributed by atoms with Crippen molar-refractivity contribution < 1.29 is 4.74 Å². The van der Waals surface area contributed by atoms with E-state index in [0.717, 1.165) is 44.9 Å². The third-order valence-corrected chi connectivity index (χ3v) is 14.7. The van der Waals surface area contributed by atoms with Crippen LogP contribution in [0.25, 0.3) is 76.8 Å². The molecule has 0 saturated heterocycles. The molecule has 2 heteroatoms. The third kappa shape index (κ3) is 6.06. The molecule has 2 aliphatic rings. The molecule has 12 aromatic rings. The van der Waals surface area contributed by atoms with Crippen molar-refractivity contribution >= 4 is 49.4 Å². The van der Waals surface area contributed by atoms with Gasteiger partial charge in [0.05, 0.1) is 5.41 Å². The van der Waals surface area contributed by atoms with Crippen LogP contribution >= 0.6 is 0 Å². The van der Waals surface area contributed by atoms with Gasteiger partial charge in [-0.2, -0.15) is 0 Å². The van der Waals surface area contributed by atoms with E-state index in [1.54, 1.807) is 0 Å². The smallest absolute Gasteiger partial charge is 0.140 e. The van der Waals surface area contributed by atoms with Crippen LogP contribution in [0.5, 0.6) is 11.5 Å². The molecule has 1 aliphatic carbocycles. The van der Waals surface area contributed by atoms with E-state index in [2.05, 4.69) is 266 Å². The van der Waals surface area contributed by atoms with Gasteiger partial charge in [-0.15, -0.1) is 0 Å². The molecule has 2 nitrogen and oxygen atoms in total. The van der Waals surface area contributed by atoms with Crippen LogP contribution in [0.3, 0.4) is 0 Å². The predicted molar refractivity (Wildman–Crippen MR) is 287 cm³/mol. The lowest BCUT2D eigenvalue weighted by Gasteiger charge is -2.40. The highest BCUT2D eigenvalue weighted by atomic mass is 16.5. The number of hydrogen-bond acceptors (Lipinski definition) is 2.